The summed E-state index contributed by atoms with van der Waals surface area (Å²) in [6, 6.07) is 0. The number of ether oxygens (including phenoxy) is 1. The quantitative estimate of drug-likeness (QED) is 0.273. The van der Waals surface area contributed by atoms with Crippen LogP contribution in [0.1, 0.15) is 26.7 Å². The van der Waals surface area contributed by atoms with Crippen LogP contribution >= 0.6 is 0 Å². The predicted octanol–water partition coefficient (Wildman–Crippen LogP) is 2.46. The Morgan fingerprint density at radius 3 is 2.67 bits per heavy atom. The molecule has 0 radical (unpaired) electrons. The molecule has 0 amide bonds. The van der Waals surface area contributed by atoms with Gasteiger partial charge < -0.3 is 4.74 Å². The third-order valence-corrected chi connectivity index (χ3v) is 1.42. The van der Waals surface area contributed by atoms with Gasteiger partial charge in [0.05, 0.1) is 6.61 Å². The Morgan fingerprint density at radius 1 is 1.50 bits per heavy atom. The zero-order chi connectivity index (χ0) is 9.40. The predicted molar refractivity (Wildman–Crippen MR) is 49.8 cm³/mol. The van der Waals surface area contributed by atoms with Crippen LogP contribution in [-0.2, 0) is 9.53 Å². The summed E-state index contributed by atoms with van der Waals surface area (Å²) in [5.74, 6) is -0.221. The highest BCUT2D eigenvalue weighted by atomic mass is 16.5. The first-order chi connectivity index (χ1) is 5.72. The van der Waals surface area contributed by atoms with Crippen molar-refractivity contribution in [1.29, 1.82) is 0 Å². The van der Waals surface area contributed by atoms with Crippen LogP contribution in [0.2, 0.25) is 0 Å². The zero-order valence-electron chi connectivity index (χ0n) is 7.80. The van der Waals surface area contributed by atoms with E-state index in [2.05, 4.69) is 6.58 Å². The second kappa shape index (κ2) is 6.65. The second-order valence-electron chi connectivity index (χ2n) is 2.47. The lowest BCUT2D eigenvalue weighted by Crippen LogP contribution is -2.04. The van der Waals surface area contributed by atoms with Crippen molar-refractivity contribution < 1.29 is 9.53 Å². The SMILES string of the molecule is C=CCC/C=C(/C)C(=O)OCC. The molecule has 0 aliphatic carbocycles. The van der Waals surface area contributed by atoms with Gasteiger partial charge in [0, 0.05) is 5.57 Å². The van der Waals surface area contributed by atoms with Crippen molar-refractivity contribution >= 4 is 5.97 Å². The third-order valence-electron chi connectivity index (χ3n) is 1.42. The molecule has 0 saturated carbocycles. The Morgan fingerprint density at radius 2 is 2.17 bits per heavy atom. The first kappa shape index (κ1) is 11.0. The van der Waals surface area contributed by atoms with E-state index in [1.165, 1.54) is 0 Å². The molecule has 0 atom stereocenters. The number of hydrogen-bond acceptors (Lipinski definition) is 2. The summed E-state index contributed by atoms with van der Waals surface area (Å²) in [5.41, 5.74) is 0.679. The minimum Gasteiger partial charge on any atom is -0.463 e. The van der Waals surface area contributed by atoms with Gasteiger partial charge in [-0.1, -0.05) is 12.2 Å². The topological polar surface area (TPSA) is 26.3 Å². The van der Waals surface area contributed by atoms with Gasteiger partial charge in [-0.3, -0.25) is 0 Å². The third kappa shape index (κ3) is 4.72. The molecule has 0 heterocycles. The Balaban J connectivity index is 3.81. The lowest BCUT2D eigenvalue weighted by atomic mass is 10.2. The lowest BCUT2D eigenvalue weighted by Gasteiger charge is -2.00. The molecule has 0 bridgehead atoms. The van der Waals surface area contributed by atoms with Crippen LogP contribution in [0, 0.1) is 0 Å². The van der Waals surface area contributed by atoms with E-state index in [1.807, 2.05) is 12.2 Å². The minimum atomic E-state index is -0.221. The van der Waals surface area contributed by atoms with Crippen molar-refractivity contribution in [2.75, 3.05) is 6.61 Å². The van der Waals surface area contributed by atoms with Gasteiger partial charge in [-0.15, -0.1) is 6.58 Å². The summed E-state index contributed by atoms with van der Waals surface area (Å²) in [7, 11) is 0. The molecule has 0 fully saturated rings. The van der Waals surface area contributed by atoms with E-state index in [4.69, 9.17) is 4.74 Å². The standard InChI is InChI=1S/C10H16O2/c1-4-6-7-8-9(3)10(11)12-5-2/h4,8H,1,5-7H2,2-3H3/b9-8-. The van der Waals surface area contributed by atoms with Crippen molar-refractivity contribution in [3.05, 3.63) is 24.3 Å². The van der Waals surface area contributed by atoms with E-state index in [1.54, 1.807) is 13.8 Å². The molecule has 0 N–H and O–H groups in total. The highest BCUT2D eigenvalue weighted by Gasteiger charge is 2.02. The number of rotatable bonds is 5. The number of carbonyl (C=O) groups excluding carboxylic acids is 1. The first-order valence-corrected chi connectivity index (χ1v) is 4.17. The fourth-order valence-corrected chi connectivity index (χ4v) is 0.746. The van der Waals surface area contributed by atoms with Crippen molar-refractivity contribution in [2.24, 2.45) is 0 Å². The fourth-order valence-electron chi connectivity index (χ4n) is 0.746. The van der Waals surface area contributed by atoms with Crippen LogP contribution in [-0.4, -0.2) is 12.6 Å². The molecule has 12 heavy (non-hydrogen) atoms. The molecule has 68 valence electrons. The van der Waals surface area contributed by atoms with E-state index in [0.717, 1.165) is 12.8 Å². The molecular weight excluding hydrogens is 152 g/mol. The fraction of sp³-hybridized carbons (Fsp3) is 0.500. The van der Waals surface area contributed by atoms with Crippen molar-refractivity contribution in [2.45, 2.75) is 26.7 Å². The summed E-state index contributed by atoms with van der Waals surface area (Å²) >= 11 is 0. The molecule has 0 rings (SSSR count). The molecule has 2 heteroatoms. The highest BCUT2D eigenvalue weighted by molar-refractivity contribution is 5.87. The Bertz CT molecular complexity index is 180. The Labute approximate surface area is 73.9 Å². The van der Waals surface area contributed by atoms with Crippen molar-refractivity contribution in [3.8, 4) is 0 Å². The summed E-state index contributed by atoms with van der Waals surface area (Å²) in [5, 5.41) is 0. The molecule has 0 aliphatic rings. The Hall–Kier alpha value is -1.05. The van der Waals surface area contributed by atoms with Crippen molar-refractivity contribution in [1.82, 2.24) is 0 Å². The van der Waals surface area contributed by atoms with Crippen LogP contribution in [0.25, 0.3) is 0 Å². The number of allylic oxidation sites excluding steroid dienone is 2. The van der Waals surface area contributed by atoms with Gasteiger partial charge in [-0.2, -0.15) is 0 Å². The number of unbranched alkanes of at least 4 members (excludes halogenated alkanes) is 1. The largest absolute Gasteiger partial charge is 0.463 e. The average Bonchev–Trinajstić information content (AvgIpc) is 2.05. The van der Waals surface area contributed by atoms with Gasteiger partial charge in [0.15, 0.2) is 0 Å². The molecule has 0 aromatic rings. The van der Waals surface area contributed by atoms with Crippen LogP contribution in [0.5, 0.6) is 0 Å². The lowest BCUT2D eigenvalue weighted by molar-refractivity contribution is -0.138. The first-order valence-electron chi connectivity index (χ1n) is 4.17. The van der Waals surface area contributed by atoms with Crippen LogP contribution in [0.4, 0.5) is 0 Å². The van der Waals surface area contributed by atoms with Crippen LogP contribution < -0.4 is 0 Å². The summed E-state index contributed by atoms with van der Waals surface area (Å²) < 4.78 is 4.80. The zero-order valence-corrected chi connectivity index (χ0v) is 7.80. The molecule has 2 nitrogen and oxygen atoms in total. The van der Waals surface area contributed by atoms with Crippen molar-refractivity contribution in [3.63, 3.8) is 0 Å². The minimum absolute atomic E-state index is 0.221. The maximum atomic E-state index is 11.0. The Kier molecular flexibility index (Phi) is 6.07. The maximum absolute atomic E-state index is 11.0. The number of hydrogen-bond donors (Lipinski definition) is 0. The van der Waals surface area contributed by atoms with E-state index in [9.17, 15) is 4.79 Å². The summed E-state index contributed by atoms with van der Waals surface area (Å²) in [6.45, 7) is 7.59. The highest BCUT2D eigenvalue weighted by Crippen LogP contribution is 2.01. The van der Waals surface area contributed by atoms with E-state index in [0.29, 0.717) is 12.2 Å². The van der Waals surface area contributed by atoms with Crippen LogP contribution in [0.3, 0.4) is 0 Å². The molecular formula is C10H16O2. The molecule has 0 aromatic carbocycles. The molecule has 0 unspecified atom stereocenters. The summed E-state index contributed by atoms with van der Waals surface area (Å²) in [4.78, 5) is 11.0. The molecule has 0 aliphatic heterocycles. The molecule has 0 aromatic heterocycles. The average molecular weight is 168 g/mol. The maximum Gasteiger partial charge on any atom is 0.333 e. The second-order valence-corrected chi connectivity index (χ2v) is 2.47. The van der Waals surface area contributed by atoms with Gasteiger partial charge in [-0.05, 0) is 26.7 Å². The molecule has 0 saturated heterocycles. The van der Waals surface area contributed by atoms with Gasteiger partial charge in [0.25, 0.3) is 0 Å². The van der Waals surface area contributed by atoms with Gasteiger partial charge in [-0.25, -0.2) is 4.79 Å². The van der Waals surface area contributed by atoms with Crippen LogP contribution in [0.15, 0.2) is 24.3 Å². The monoisotopic (exact) mass is 168 g/mol. The van der Waals surface area contributed by atoms with E-state index >= 15 is 0 Å². The number of carbonyl (C=O) groups is 1. The normalized spacial score (nSPS) is 11.0. The van der Waals surface area contributed by atoms with Gasteiger partial charge >= 0.3 is 5.97 Å². The van der Waals surface area contributed by atoms with E-state index < -0.39 is 0 Å². The summed E-state index contributed by atoms with van der Waals surface area (Å²) in [6.07, 6.45) is 5.46. The smallest absolute Gasteiger partial charge is 0.333 e. The van der Waals surface area contributed by atoms with Gasteiger partial charge in [0.2, 0.25) is 0 Å². The van der Waals surface area contributed by atoms with Gasteiger partial charge in [0.1, 0.15) is 0 Å². The molecule has 0 spiro atoms. The van der Waals surface area contributed by atoms with E-state index in [-0.39, 0.29) is 5.97 Å². The number of esters is 1.